The van der Waals surface area contributed by atoms with Crippen molar-refractivity contribution in [3.05, 3.63) is 58.7 Å². The number of hydrogen-bond acceptors (Lipinski definition) is 5. The highest BCUT2D eigenvalue weighted by atomic mass is 16.6. The third kappa shape index (κ3) is 9.75. The highest BCUT2D eigenvalue weighted by Gasteiger charge is 2.26. The van der Waals surface area contributed by atoms with Crippen molar-refractivity contribution in [1.29, 1.82) is 0 Å². The van der Waals surface area contributed by atoms with Crippen LogP contribution in [0.3, 0.4) is 0 Å². The summed E-state index contributed by atoms with van der Waals surface area (Å²) in [5.74, 6) is -2.79. The molecule has 6 heteroatoms. The van der Waals surface area contributed by atoms with Crippen LogP contribution in [0.25, 0.3) is 0 Å². The van der Waals surface area contributed by atoms with E-state index in [9.17, 15) is 14.4 Å². The minimum Gasteiger partial charge on any atom is -0.480 e. The van der Waals surface area contributed by atoms with Gasteiger partial charge < -0.3 is 15.6 Å². The highest BCUT2D eigenvalue weighted by molar-refractivity contribution is 5.92. The zero-order valence-electron chi connectivity index (χ0n) is 19.2. The molecule has 0 amide bonds. The largest absolute Gasteiger partial charge is 0.480 e. The lowest BCUT2D eigenvalue weighted by atomic mass is 9.72. The number of ether oxygens (including phenoxy) is 1. The molecule has 31 heavy (non-hydrogen) atoms. The standard InChI is InChI=1S/C25H35NO5/c1-17(11-12-20-19(3)10-7-15-25(20,4)5)8-6-9-18(2)16-23(28)31-22(27)14-13-21(26)24(29)30/h6,8-9,11-12,16,21H,7,10,13-15,26H2,1-5H3,(H,29,30)/t21-/m0/s1. The molecule has 0 bridgehead atoms. The van der Waals surface area contributed by atoms with Crippen molar-refractivity contribution < 1.29 is 24.2 Å². The van der Waals surface area contributed by atoms with E-state index >= 15 is 0 Å². The number of carbonyl (C=O) groups excluding carboxylic acids is 2. The maximum absolute atomic E-state index is 11.8. The summed E-state index contributed by atoms with van der Waals surface area (Å²) in [6.45, 7) is 10.5. The summed E-state index contributed by atoms with van der Waals surface area (Å²) in [4.78, 5) is 34.0. The van der Waals surface area contributed by atoms with Crippen LogP contribution in [0.4, 0.5) is 0 Å². The zero-order chi connectivity index (χ0) is 23.6. The number of nitrogens with two attached hydrogens (primary N) is 1. The SMILES string of the molecule is CC(C=CC1=C(C)CCCC1(C)C)=CC=CC(C)=CC(=O)OC(=O)CC[C@H](N)C(=O)O. The Balaban J connectivity index is 2.61. The normalized spacial score (nSPS) is 18.5. The van der Waals surface area contributed by atoms with Crippen molar-refractivity contribution in [3.8, 4) is 0 Å². The number of rotatable bonds is 9. The third-order valence-electron chi connectivity index (χ3n) is 5.31. The number of carboxylic acids is 1. The lowest BCUT2D eigenvalue weighted by Crippen LogP contribution is -2.30. The number of carbonyl (C=O) groups is 3. The van der Waals surface area contributed by atoms with Gasteiger partial charge in [0.15, 0.2) is 0 Å². The molecular formula is C25H35NO5. The molecule has 1 atom stereocenters. The van der Waals surface area contributed by atoms with Crippen molar-refractivity contribution in [2.45, 2.75) is 72.8 Å². The molecule has 0 spiro atoms. The average molecular weight is 430 g/mol. The second-order valence-electron chi connectivity index (χ2n) is 8.70. The van der Waals surface area contributed by atoms with E-state index in [1.807, 2.05) is 19.1 Å². The third-order valence-corrected chi connectivity index (χ3v) is 5.31. The minimum atomic E-state index is -1.20. The van der Waals surface area contributed by atoms with Crippen LogP contribution in [0.2, 0.25) is 0 Å². The molecule has 0 radical (unpaired) electrons. The summed E-state index contributed by atoms with van der Waals surface area (Å²) in [5, 5.41) is 8.68. The van der Waals surface area contributed by atoms with E-state index in [0.29, 0.717) is 5.57 Å². The zero-order valence-corrected chi connectivity index (χ0v) is 19.2. The quantitative estimate of drug-likeness (QED) is 0.236. The summed E-state index contributed by atoms with van der Waals surface area (Å²) < 4.78 is 4.65. The van der Waals surface area contributed by atoms with Crippen molar-refractivity contribution >= 4 is 17.9 Å². The molecule has 0 fully saturated rings. The summed E-state index contributed by atoms with van der Waals surface area (Å²) >= 11 is 0. The van der Waals surface area contributed by atoms with Crippen LogP contribution in [-0.4, -0.2) is 29.1 Å². The van der Waals surface area contributed by atoms with Gasteiger partial charge >= 0.3 is 17.9 Å². The maximum atomic E-state index is 11.8. The van der Waals surface area contributed by atoms with E-state index in [2.05, 4.69) is 37.7 Å². The van der Waals surface area contributed by atoms with E-state index in [-0.39, 0.29) is 18.3 Å². The Morgan fingerprint density at radius 1 is 1.19 bits per heavy atom. The van der Waals surface area contributed by atoms with Gasteiger partial charge in [0.05, 0.1) is 0 Å². The maximum Gasteiger partial charge on any atom is 0.338 e. The smallest absolute Gasteiger partial charge is 0.338 e. The van der Waals surface area contributed by atoms with Crippen molar-refractivity contribution in [1.82, 2.24) is 0 Å². The fourth-order valence-corrected chi connectivity index (χ4v) is 3.46. The molecule has 0 aromatic rings. The lowest BCUT2D eigenvalue weighted by molar-refractivity contribution is -0.156. The number of allylic oxidation sites excluding steroid dienone is 9. The average Bonchev–Trinajstić information content (AvgIpc) is 2.64. The van der Waals surface area contributed by atoms with Gasteiger partial charge in [0, 0.05) is 12.5 Å². The van der Waals surface area contributed by atoms with Gasteiger partial charge in [-0.15, -0.1) is 0 Å². The van der Waals surface area contributed by atoms with Gasteiger partial charge in [-0.25, -0.2) is 4.79 Å². The number of esters is 2. The Hall–Kier alpha value is -2.73. The molecule has 3 N–H and O–H groups in total. The predicted molar refractivity (Wildman–Crippen MR) is 122 cm³/mol. The van der Waals surface area contributed by atoms with Crippen LogP contribution in [0, 0.1) is 5.41 Å². The van der Waals surface area contributed by atoms with Gasteiger partial charge in [-0.1, -0.05) is 55.4 Å². The van der Waals surface area contributed by atoms with Crippen LogP contribution < -0.4 is 5.73 Å². The van der Waals surface area contributed by atoms with Gasteiger partial charge in [-0.05, 0) is 63.0 Å². The molecule has 1 aliphatic rings. The molecule has 1 rings (SSSR count). The topological polar surface area (TPSA) is 107 Å². The highest BCUT2D eigenvalue weighted by Crippen LogP contribution is 2.40. The van der Waals surface area contributed by atoms with E-state index in [4.69, 9.17) is 10.8 Å². The van der Waals surface area contributed by atoms with Crippen LogP contribution in [0.15, 0.2) is 58.7 Å². The summed E-state index contributed by atoms with van der Waals surface area (Å²) in [6.07, 6.45) is 14.3. The van der Waals surface area contributed by atoms with Gasteiger partial charge in [-0.3, -0.25) is 9.59 Å². The fraction of sp³-hybridized carbons (Fsp3) is 0.480. The molecule has 1 aliphatic carbocycles. The molecule has 0 saturated carbocycles. The van der Waals surface area contributed by atoms with E-state index in [0.717, 1.165) is 12.0 Å². The molecule has 0 aromatic heterocycles. The van der Waals surface area contributed by atoms with Gasteiger partial charge in [0.2, 0.25) is 0 Å². The Labute approximate surface area is 185 Å². The Morgan fingerprint density at radius 3 is 2.48 bits per heavy atom. The van der Waals surface area contributed by atoms with E-state index in [1.54, 1.807) is 13.0 Å². The first-order valence-corrected chi connectivity index (χ1v) is 10.6. The van der Waals surface area contributed by atoms with Crippen LogP contribution in [0.5, 0.6) is 0 Å². The summed E-state index contributed by atoms with van der Waals surface area (Å²) in [7, 11) is 0. The van der Waals surface area contributed by atoms with Gasteiger partial charge in [0.1, 0.15) is 6.04 Å². The number of carboxylic acid groups (broad SMARTS) is 1. The van der Waals surface area contributed by atoms with Crippen LogP contribution in [0.1, 0.15) is 66.7 Å². The molecule has 0 aliphatic heterocycles. The first-order chi connectivity index (χ1) is 14.4. The second kappa shape index (κ2) is 12.2. The first kappa shape index (κ1) is 26.3. The van der Waals surface area contributed by atoms with Gasteiger partial charge in [0.25, 0.3) is 0 Å². The number of hydrogen-bond donors (Lipinski definition) is 2. The molecule has 6 nitrogen and oxygen atoms in total. The van der Waals surface area contributed by atoms with Crippen LogP contribution >= 0.6 is 0 Å². The molecule has 0 unspecified atom stereocenters. The Morgan fingerprint density at radius 2 is 1.87 bits per heavy atom. The van der Waals surface area contributed by atoms with E-state index in [1.165, 1.54) is 30.1 Å². The fourth-order valence-electron chi connectivity index (χ4n) is 3.46. The minimum absolute atomic E-state index is 0.0881. The van der Waals surface area contributed by atoms with Crippen molar-refractivity contribution in [3.63, 3.8) is 0 Å². The molecule has 0 heterocycles. The Bertz CT molecular complexity index is 840. The molecule has 170 valence electrons. The molecule has 0 saturated heterocycles. The van der Waals surface area contributed by atoms with Crippen LogP contribution in [-0.2, 0) is 19.1 Å². The molecular weight excluding hydrogens is 394 g/mol. The number of aliphatic carboxylic acids is 1. The first-order valence-electron chi connectivity index (χ1n) is 10.6. The predicted octanol–water partition coefficient (Wildman–Crippen LogP) is 4.78. The van der Waals surface area contributed by atoms with Crippen molar-refractivity contribution in [2.24, 2.45) is 11.1 Å². The summed E-state index contributed by atoms with van der Waals surface area (Å²) in [5.41, 5.74) is 10.1. The molecule has 0 aromatic carbocycles. The van der Waals surface area contributed by atoms with Crippen molar-refractivity contribution in [2.75, 3.05) is 0 Å². The summed E-state index contributed by atoms with van der Waals surface area (Å²) in [6, 6.07) is -1.16. The Kier molecular flexibility index (Phi) is 10.4. The van der Waals surface area contributed by atoms with Gasteiger partial charge in [-0.2, -0.15) is 0 Å². The monoisotopic (exact) mass is 429 g/mol. The lowest BCUT2D eigenvalue weighted by Gasteiger charge is -2.32. The van der Waals surface area contributed by atoms with E-state index < -0.39 is 23.9 Å². The second-order valence-corrected chi connectivity index (χ2v) is 8.70.